The van der Waals surface area contributed by atoms with E-state index >= 15 is 0 Å². The third kappa shape index (κ3) is 4.02. The first-order chi connectivity index (χ1) is 11.5. The summed E-state index contributed by atoms with van der Waals surface area (Å²) in [7, 11) is -2.31. The number of benzene rings is 1. The van der Waals surface area contributed by atoms with E-state index < -0.39 is 7.60 Å². The summed E-state index contributed by atoms with van der Waals surface area (Å²) in [6.45, 7) is 3.41. The summed E-state index contributed by atoms with van der Waals surface area (Å²) in [5, 5.41) is 0.945. The lowest BCUT2D eigenvalue weighted by molar-refractivity contribution is 0.264. The molecule has 0 aliphatic carbocycles. The van der Waals surface area contributed by atoms with E-state index in [0.717, 1.165) is 48.6 Å². The summed E-state index contributed by atoms with van der Waals surface area (Å²) in [6.07, 6.45) is 1.46. The number of nitrogens with zero attached hydrogens (tertiary/aromatic N) is 4. The van der Waals surface area contributed by atoms with Crippen LogP contribution in [-0.4, -0.2) is 70.7 Å². The molecule has 0 spiro atoms. The number of aromatic nitrogens is 2. The van der Waals surface area contributed by atoms with Crippen molar-refractivity contribution in [3.63, 3.8) is 0 Å². The smallest absolute Gasteiger partial charge is 0.326 e. The molecule has 0 atom stereocenters. The lowest BCUT2D eigenvalue weighted by Crippen LogP contribution is -2.47. The summed E-state index contributed by atoms with van der Waals surface area (Å²) >= 11 is 0. The maximum atomic E-state index is 11.0. The van der Waals surface area contributed by atoms with Gasteiger partial charge in [-0.1, -0.05) is 0 Å². The third-order valence-corrected chi connectivity index (χ3v) is 4.98. The zero-order valence-electron chi connectivity index (χ0n) is 13.5. The van der Waals surface area contributed by atoms with Gasteiger partial charge in [-0.15, -0.1) is 0 Å². The van der Waals surface area contributed by atoms with Gasteiger partial charge in [-0.05, 0) is 18.2 Å². The molecule has 0 amide bonds. The van der Waals surface area contributed by atoms with E-state index in [1.807, 2.05) is 18.2 Å². The quantitative estimate of drug-likeness (QED) is 0.767. The molecule has 3 rings (SSSR count). The zero-order valence-corrected chi connectivity index (χ0v) is 14.4. The number of ether oxygens (including phenoxy) is 1. The Morgan fingerprint density at radius 1 is 1.21 bits per heavy atom. The van der Waals surface area contributed by atoms with Crippen molar-refractivity contribution in [2.24, 2.45) is 0 Å². The number of fused-ring (bicyclic) bond motifs is 1. The normalized spacial score (nSPS) is 16.5. The molecular formula is C15H21N4O4P. The summed E-state index contributed by atoms with van der Waals surface area (Å²) in [5.41, 5.74) is 0.865. The van der Waals surface area contributed by atoms with Gasteiger partial charge in [0.25, 0.3) is 0 Å². The SMILES string of the molecule is COc1ccc2ncnc(N3CCN(CCP(=O)(O)O)CC3)c2c1. The van der Waals surface area contributed by atoms with Crippen molar-refractivity contribution in [1.82, 2.24) is 14.9 Å². The van der Waals surface area contributed by atoms with Crippen LogP contribution in [0.25, 0.3) is 10.9 Å². The standard InChI is InChI=1S/C15H21N4O4P/c1-23-12-2-3-14-13(10-12)15(17-11-16-14)19-6-4-18(5-7-19)8-9-24(20,21)22/h2-3,10-11H,4-9H2,1H3,(H2,20,21,22). The Kier molecular flexibility index (Phi) is 5.01. The van der Waals surface area contributed by atoms with Crippen molar-refractivity contribution in [3.05, 3.63) is 24.5 Å². The molecule has 0 unspecified atom stereocenters. The van der Waals surface area contributed by atoms with Crippen LogP contribution in [0.5, 0.6) is 5.75 Å². The zero-order chi connectivity index (χ0) is 17.2. The van der Waals surface area contributed by atoms with E-state index in [0.29, 0.717) is 6.54 Å². The Labute approximate surface area is 140 Å². The van der Waals surface area contributed by atoms with Gasteiger partial charge in [0, 0.05) is 38.1 Å². The first kappa shape index (κ1) is 17.1. The second-order valence-electron chi connectivity index (χ2n) is 5.80. The average Bonchev–Trinajstić information content (AvgIpc) is 2.59. The summed E-state index contributed by atoms with van der Waals surface area (Å²) < 4.78 is 16.3. The Morgan fingerprint density at radius 3 is 2.62 bits per heavy atom. The number of anilines is 1. The molecule has 1 fully saturated rings. The van der Waals surface area contributed by atoms with Crippen molar-refractivity contribution >= 4 is 24.3 Å². The van der Waals surface area contributed by atoms with Gasteiger partial charge in [0.05, 0.1) is 18.8 Å². The maximum absolute atomic E-state index is 11.0. The van der Waals surface area contributed by atoms with Gasteiger partial charge >= 0.3 is 7.60 Å². The van der Waals surface area contributed by atoms with Crippen LogP contribution in [0, 0.1) is 0 Å². The molecular weight excluding hydrogens is 331 g/mol. The predicted octanol–water partition coefficient (Wildman–Crippen LogP) is 0.938. The molecule has 2 aromatic rings. The summed E-state index contributed by atoms with van der Waals surface area (Å²) in [6, 6.07) is 5.72. The van der Waals surface area contributed by atoms with Crippen LogP contribution in [0.1, 0.15) is 0 Å². The predicted molar refractivity (Wildman–Crippen MR) is 91.7 cm³/mol. The minimum absolute atomic E-state index is 0.0966. The average molecular weight is 352 g/mol. The van der Waals surface area contributed by atoms with Crippen LogP contribution in [-0.2, 0) is 4.57 Å². The second kappa shape index (κ2) is 7.03. The highest BCUT2D eigenvalue weighted by Gasteiger charge is 2.22. The fourth-order valence-corrected chi connectivity index (χ4v) is 3.40. The van der Waals surface area contributed by atoms with Crippen LogP contribution >= 0.6 is 7.60 Å². The first-order valence-corrected chi connectivity index (χ1v) is 9.57. The molecule has 130 valence electrons. The van der Waals surface area contributed by atoms with Crippen LogP contribution in [0.2, 0.25) is 0 Å². The molecule has 9 heteroatoms. The van der Waals surface area contributed by atoms with Gasteiger partial charge in [-0.3, -0.25) is 9.46 Å². The number of hydrogen-bond acceptors (Lipinski definition) is 6. The van der Waals surface area contributed by atoms with Crippen molar-refractivity contribution in [2.45, 2.75) is 0 Å². The highest BCUT2D eigenvalue weighted by atomic mass is 31.2. The van der Waals surface area contributed by atoms with Crippen LogP contribution in [0.15, 0.2) is 24.5 Å². The van der Waals surface area contributed by atoms with Crippen LogP contribution in [0.3, 0.4) is 0 Å². The Hall–Kier alpha value is -1.73. The molecule has 1 aliphatic heterocycles. The molecule has 0 saturated carbocycles. The van der Waals surface area contributed by atoms with E-state index in [2.05, 4.69) is 19.8 Å². The fourth-order valence-electron chi connectivity index (χ4n) is 2.86. The van der Waals surface area contributed by atoms with Crippen molar-refractivity contribution < 1.29 is 19.1 Å². The monoisotopic (exact) mass is 352 g/mol. The number of methoxy groups -OCH3 is 1. The molecule has 8 nitrogen and oxygen atoms in total. The Morgan fingerprint density at radius 2 is 1.96 bits per heavy atom. The van der Waals surface area contributed by atoms with Gasteiger partial charge in [-0.2, -0.15) is 0 Å². The van der Waals surface area contributed by atoms with Gasteiger partial charge < -0.3 is 19.4 Å². The van der Waals surface area contributed by atoms with E-state index in [1.165, 1.54) is 0 Å². The van der Waals surface area contributed by atoms with Crippen molar-refractivity contribution in [2.75, 3.05) is 50.9 Å². The topological polar surface area (TPSA) is 99.0 Å². The largest absolute Gasteiger partial charge is 0.497 e. The van der Waals surface area contributed by atoms with E-state index in [4.69, 9.17) is 14.5 Å². The maximum Gasteiger partial charge on any atom is 0.326 e. The molecule has 1 aromatic carbocycles. The van der Waals surface area contributed by atoms with E-state index in [9.17, 15) is 4.57 Å². The van der Waals surface area contributed by atoms with E-state index in [1.54, 1.807) is 13.4 Å². The molecule has 0 radical (unpaired) electrons. The molecule has 1 aromatic heterocycles. The molecule has 2 N–H and O–H groups in total. The van der Waals surface area contributed by atoms with Crippen LogP contribution < -0.4 is 9.64 Å². The lowest BCUT2D eigenvalue weighted by Gasteiger charge is -2.35. The molecule has 1 saturated heterocycles. The summed E-state index contributed by atoms with van der Waals surface area (Å²) in [5.74, 6) is 1.63. The van der Waals surface area contributed by atoms with Gasteiger partial charge in [0.1, 0.15) is 17.9 Å². The van der Waals surface area contributed by atoms with Crippen molar-refractivity contribution in [1.29, 1.82) is 0 Å². The number of piperazine rings is 1. The molecule has 1 aliphatic rings. The minimum Gasteiger partial charge on any atom is -0.497 e. The number of rotatable bonds is 5. The molecule has 2 heterocycles. The lowest BCUT2D eigenvalue weighted by atomic mass is 10.2. The minimum atomic E-state index is -3.94. The highest BCUT2D eigenvalue weighted by Crippen LogP contribution is 2.34. The Balaban J connectivity index is 1.72. The van der Waals surface area contributed by atoms with Gasteiger partial charge in [0.15, 0.2) is 0 Å². The number of hydrogen-bond donors (Lipinski definition) is 2. The first-order valence-electron chi connectivity index (χ1n) is 7.77. The Bertz CT molecular complexity index is 758. The molecule has 0 bridgehead atoms. The summed E-state index contributed by atoms with van der Waals surface area (Å²) in [4.78, 5) is 31.0. The molecule has 24 heavy (non-hydrogen) atoms. The van der Waals surface area contributed by atoms with Gasteiger partial charge in [-0.25, -0.2) is 9.97 Å². The third-order valence-electron chi connectivity index (χ3n) is 4.20. The second-order valence-corrected chi connectivity index (χ2v) is 7.57. The highest BCUT2D eigenvalue weighted by molar-refractivity contribution is 7.51. The fraction of sp³-hybridized carbons (Fsp3) is 0.467. The van der Waals surface area contributed by atoms with E-state index in [-0.39, 0.29) is 6.16 Å². The van der Waals surface area contributed by atoms with Crippen molar-refractivity contribution in [3.8, 4) is 5.75 Å². The van der Waals surface area contributed by atoms with Crippen LogP contribution in [0.4, 0.5) is 5.82 Å². The van der Waals surface area contributed by atoms with Gasteiger partial charge in [0.2, 0.25) is 0 Å².